The molecule has 1 aliphatic heterocycles. The lowest BCUT2D eigenvalue weighted by molar-refractivity contribution is 0.665. The first-order chi connectivity index (χ1) is 6.35. The van der Waals surface area contributed by atoms with Crippen LogP contribution in [0.4, 0.5) is 0 Å². The monoisotopic (exact) mass is 211 g/mol. The Kier molecular flexibility index (Phi) is 2.51. The van der Waals surface area contributed by atoms with Gasteiger partial charge in [0.15, 0.2) is 0 Å². The van der Waals surface area contributed by atoms with Gasteiger partial charge in [-0.05, 0) is 18.6 Å². The van der Waals surface area contributed by atoms with Crippen molar-refractivity contribution in [1.82, 2.24) is 8.75 Å². The number of rotatable bonds is 2. The Bertz CT molecular complexity index is 309. The predicted octanol–water partition coefficient (Wildman–Crippen LogP) is 1.87. The number of thioether (sulfide) groups is 1. The average molecular weight is 211 g/mol. The van der Waals surface area contributed by atoms with Crippen LogP contribution in [0.25, 0.3) is 0 Å². The largest absolute Gasteiger partial charge is 0.197 e. The summed E-state index contributed by atoms with van der Waals surface area (Å²) in [7, 11) is 0. The van der Waals surface area contributed by atoms with E-state index in [4.69, 9.17) is 5.26 Å². The Morgan fingerprint density at radius 2 is 2.62 bits per heavy atom. The minimum atomic E-state index is -0.213. The molecule has 1 aliphatic rings. The van der Waals surface area contributed by atoms with Gasteiger partial charge in [-0.3, -0.25) is 0 Å². The lowest BCUT2D eigenvalue weighted by atomic mass is 9.99. The van der Waals surface area contributed by atoms with Gasteiger partial charge in [-0.1, -0.05) is 0 Å². The molecule has 13 heavy (non-hydrogen) atoms. The van der Waals surface area contributed by atoms with Gasteiger partial charge in [0, 0.05) is 6.42 Å². The summed E-state index contributed by atoms with van der Waals surface area (Å²) in [6.07, 6.45) is 4.66. The van der Waals surface area contributed by atoms with E-state index in [0.717, 1.165) is 30.7 Å². The fraction of sp³-hybridized carbons (Fsp3) is 0.625. The summed E-state index contributed by atoms with van der Waals surface area (Å²) >= 11 is 2.98. The van der Waals surface area contributed by atoms with E-state index in [0.29, 0.717) is 0 Å². The van der Waals surface area contributed by atoms with E-state index in [1.807, 2.05) is 0 Å². The topological polar surface area (TPSA) is 49.6 Å². The molecule has 68 valence electrons. The molecular weight excluding hydrogens is 202 g/mol. The number of hydrogen-bond acceptors (Lipinski definition) is 5. The Morgan fingerprint density at radius 1 is 1.69 bits per heavy atom. The van der Waals surface area contributed by atoms with Crippen molar-refractivity contribution in [3.63, 3.8) is 0 Å². The Morgan fingerprint density at radius 3 is 3.15 bits per heavy atom. The van der Waals surface area contributed by atoms with Crippen LogP contribution >= 0.6 is 23.5 Å². The molecule has 0 amide bonds. The van der Waals surface area contributed by atoms with Crippen molar-refractivity contribution in [3.05, 3.63) is 11.9 Å². The molecule has 0 N–H and O–H groups in total. The van der Waals surface area contributed by atoms with Crippen LogP contribution in [0.15, 0.2) is 6.20 Å². The van der Waals surface area contributed by atoms with Gasteiger partial charge in [0.2, 0.25) is 0 Å². The van der Waals surface area contributed by atoms with Crippen LogP contribution in [0.2, 0.25) is 0 Å². The second-order valence-corrected chi connectivity index (χ2v) is 5.17. The normalized spacial score (nSPS) is 27.3. The molecule has 1 aromatic heterocycles. The number of nitriles is 1. The molecule has 0 aromatic carbocycles. The number of nitrogens with zero attached hydrogens (tertiary/aromatic N) is 3. The van der Waals surface area contributed by atoms with Crippen LogP contribution in [0.1, 0.15) is 18.5 Å². The van der Waals surface area contributed by atoms with E-state index in [1.165, 1.54) is 11.7 Å². The van der Waals surface area contributed by atoms with Crippen molar-refractivity contribution in [3.8, 4) is 6.07 Å². The second-order valence-electron chi connectivity index (χ2n) is 3.13. The van der Waals surface area contributed by atoms with Crippen molar-refractivity contribution in [2.75, 3.05) is 5.75 Å². The van der Waals surface area contributed by atoms with Gasteiger partial charge in [0.25, 0.3) is 0 Å². The van der Waals surface area contributed by atoms with Gasteiger partial charge in [0.05, 0.1) is 29.7 Å². The zero-order valence-electron chi connectivity index (χ0n) is 7.06. The average Bonchev–Trinajstić information content (AvgIpc) is 2.77. The molecule has 1 aromatic rings. The highest BCUT2D eigenvalue weighted by Crippen LogP contribution is 2.39. The number of aromatic nitrogens is 2. The van der Waals surface area contributed by atoms with Gasteiger partial charge in [-0.2, -0.15) is 14.0 Å². The van der Waals surface area contributed by atoms with Crippen LogP contribution in [0, 0.1) is 11.3 Å². The minimum Gasteiger partial charge on any atom is -0.197 e. The van der Waals surface area contributed by atoms with E-state index in [9.17, 15) is 0 Å². The molecule has 0 saturated carbocycles. The van der Waals surface area contributed by atoms with Crippen molar-refractivity contribution in [2.45, 2.75) is 24.0 Å². The van der Waals surface area contributed by atoms with Gasteiger partial charge < -0.3 is 0 Å². The van der Waals surface area contributed by atoms with Crippen LogP contribution < -0.4 is 0 Å². The number of hydrogen-bond donors (Lipinski definition) is 0. The summed E-state index contributed by atoms with van der Waals surface area (Å²) in [5.74, 6) is 1.10. The highest BCUT2D eigenvalue weighted by Gasteiger charge is 2.35. The molecule has 1 atom stereocenters. The van der Waals surface area contributed by atoms with Crippen molar-refractivity contribution in [2.24, 2.45) is 0 Å². The lowest BCUT2D eigenvalue weighted by Crippen LogP contribution is -2.21. The summed E-state index contributed by atoms with van der Waals surface area (Å²) in [5, 5.41) is 9.10. The van der Waals surface area contributed by atoms with Crippen LogP contribution in [-0.4, -0.2) is 19.2 Å². The van der Waals surface area contributed by atoms with E-state index < -0.39 is 0 Å². The first-order valence-electron chi connectivity index (χ1n) is 4.16. The summed E-state index contributed by atoms with van der Waals surface area (Å²) in [6.45, 7) is 0. The van der Waals surface area contributed by atoms with E-state index in [2.05, 4.69) is 14.8 Å². The quantitative estimate of drug-likeness (QED) is 0.749. The Balaban J connectivity index is 2.11. The van der Waals surface area contributed by atoms with Crippen LogP contribution in [0.5, 0.6) is 0 Å². The first kappa shape index (κ1) is 8.97. The summed E-state index contributed by atoms with van der Waals surface area (Å²) in [5.41, 5.74) is 0.959. The molecule has 2 rings (SSSR count). The fourth-order valence-electron chi connectivity index (χ4n) is 1.52. The second kappa shape index (κ2) is 3.64. The molecule has 1 fully saturated rings. The standard InChI is InChI=1S/C8H9N3S2/c9-6-8(2-1-3-12-8)4-7-5-10-13-11-7/h5H,1-4H2. The zero-order valence-corrected chi connectivity index (χ0v) is 8.70. The molecule has 1 unspecified atom stereocenters. The Hall–Kier alpha value is -0.600. The molecule has 1 saturated heterocycles. The van der Waals surface area contributed by atoms with Crippen molar-refractivity contribution in [1.29, 1.82) is 5.26 Å². The molecular formula is C8H9N3S2. The summed E-state index contributed by atoms with van der Waals surface area (Å²) in [4.78, 5) is 0. The lowest BCUT2D eigenvalue weighted by Gasteiger charge is -2.16. The van der Waals surface area contributed by atoms with Crippen molar-refractivity contribution < 1.29 is 0 Å². The molecule has 0 aliphatic carbocycles. The van der Waals surface area contributed by atoms with Crippen molar-refractivity contribution >= 4 is 23.5 Å². The van der Waals surface area contributed by atoms with Crippen LogP contribution in [-0.2, 0) is 6.42 Å². The highest BCUT2D eigenvalue weighted by molar-refractivity contribution is 8.01. The predicted molar refractivity (Wildman–Crippen MR) is 53.6 cm³/mol. The summed E-state index contributed by atoms with van der Waals surface area (Å²) in [6, 6.07) is 2.42. The van der Waals surface area contributed by atoms with E-state index in [-0.39, 0.29) is 4.75 Å². The van der Waals surface area contributed by atoms with Gasteiger partial charge in [-0.25, -0.2) is 0 Å². The maximum atomic E-state index is 9.10. The minimum absolute atomic E-state index is 0.213. The summed E-state index contributed by atoms with van der Waals surface area (Å²) < 4.78 is 7.87. The molecule has 2 heterocycles. The molecule has 0 spiro atoms. The smallest absolute Gasteiger partial charge is 0.108 e. The van der Waals surface area contributed by atoms with Gasteiger partial charge in [0.1, 0.15) is 4.75 Å². The van der Waals surface area contributed by atoms with E-state index in [1.54, 1.807) is 18.0 Å². The maximum absolute atomic E-state index is 9.10. The van der Waals surface area contributed by atoms with E-state index >= 15 is 0 Å². The maximum Gasteiger partial charge on any atom is 0.108 e. The van der Waals surface area contributed by atoms with Gasteiger partial charge >= 0.3 is 0 Å². The third-order valence-corrected chi connectivity index (χ3v) is 4.18. The SMILES string of the molecule is N#CC1(Cc2cnsn2)CCCS1. The van der Waals surface area contributed by atoms with Crippen LogP contribution in [0.3, 0.4) is 0 Å². The van der Waals surface area contributed by atoms with Gasteiger partial charge in [-0.15, -0.1) is 11.8 Å². The molecule has 3 nitrogen and oxygen atoms in total. The Labute approximate surface area is 85.5 Å². The molecule has 0 bridgehead atoms. The third-order valence-electron chi connectivity index (χ3n) is 2.18. The third kappa shape index (κ3) is 1.84. The molecule has 0 radical (unpaired) electrons. The first-order valence-corrected chi connectivity index (χ1v) is 5.88. The molecule has 5 heteroatoms. The zero-order chi connectivity index (χ0) is 9.15. The fourth-order valence-corrected chi connectivity index (χ4v) is 3.23. The highest BCUT2D eigenvalue weighted by atomic mass is 32.2.